The molecule has 0 nitrogen and oxygen atoms in total. The molecule has 0 amide bonds. The summed E-state index contributed by atoms with van der Waals surface area (Å²) in [5.41, 5.74) is 2.75. The molecule has 1 fully saturated rings. The van der Waals surface area contributed by atoms with E-state index in [1.165, 1.54) is 48.9 Å². The summed E-state index contributed by atoms with van der Waals surface area (Å²) in [7, 11) is 0. The van der Waals surface area contributed by atoms with Gasteiger partial charge in [-0.3, -0.25) is 0 Å². The minimum absolute atomic E-state index is 0.203. The first-order valence-corrected chi connectivity index (χ1v) is 13.4. The summed E-state index contributed by atoms with van der Waals surface area (Å²) in [5.74, 6) is -2.44. The molecular formula is C31H33ClF4. The molecule has 5 heteroatoms. The highest BCUT2D eigenvalue weighted by Crippen LogP contribution is 2.35. The fraction of sp³-hybridized carbons (Fsp3) is 0.419. The van der Waals surface area contributed by atoms with Crippen molar-refractivity contribution in [3.05, 3.63) is 93.5 Å². The van der Waals surface area contributed by atoms with Crippen LogP contribution >= 0.6 is 11.6 Å². The van der Waals surface area contributed by atoms with E-state index in [0.717, 1.165) is 50.2 Å². The maximum absolute atomic E-state index is 14.7. The Labute approximate surface area is 216 Å². The molecular weight excluding hydrogens is 484 g/mol. The van der Waals surface area contributed by atoms with Crippen LogP contribution in [0.2, 0.25) is 5.02 Å². The Morgan fingerprint density at radius 3 is 1.56 bits per heavy atom. The van der Waals surface area contributed by atoms with Crippen LogP contribution in [-0.4, -0.2) is 0 Å². The standard InChI is InChI=1S/C31H33ClF4/c1-2-3-20-4-6-21(7-5-20)8-9-22-10-12-23(13-11-22)14-15-24-16-26(33)30(27(34)17-24)25-18-28(35)31(32)29(36)19-25/h4-7,16-19,22-23H,2-3,8-15H2,1H3. The second-order valence-electron chi connectivity index (χ2n) is 10.2. The molecule has 0 atom stereocenters. The summed E-state index contributed by atoms with van der Waals surface area (Å²) < 4.78 is 57.1. The molecule has 0 radical (unpaired) electrons. The SMILES string of the molecule is CCCc1ccc(CCC2CCC(CCc3cc(F)c(-c4cc(F)c(Cl)c(F)c4)c(F)c3)CC2)cc1. The minimum atomic E-state index is -1.05. The number of rotatable bonds is 9. The fourth-order valence-electron chi connectivity index (χ4n) is 5.46. The van der Waals surface area contributed by atoms with E-state index in [-0.39, 0.29) is 5.56 Å². The lowest BCUT2D eigenvalue weighted by Crippen LogP contribution is -2.16. The third-order valence-corrected chi connectivity index (χ3v) is 7.95. The zero-order valence-electron chi connectivity index (χ0n) is 20.7. The zero-order valence-corrected chi connectivity index (χ0v) is 21.5. The number of benzene rings is 3. The lowest BCUT2D eigenvalue weighted by Gasteiger charge is -2.28. The lowest BCUT2D eigenvalue weighted by molar-refractivity contribution is 0.253. The second-order valence-corrected chi connectivity index (χ2v) is 10.6. The zero-order chi connectivity index (χ0) is 25.7. The van der Waals surface area contributed by atoms with E-state index in [1.54, 1.807) is 0 Å². The van der Waals surface area contributed by atoms with Gasteiger partial charge in [-0.2, -0.15) is 0 Å². The average molecular weight is 517 g/mol. The van der Waals surface area contributed by atoms with Crippen LogP contribution < -0.4 is 0 Å². The number of hydrogen-bond donors (Lipinski definition) is 0. The Bertz CT molecular complexity index is 1120. The normalized spacial score (nSPS) is 17.9. The van der Waals surface area contributed by atoms with Crippen molar-refractivity contribution in [2.24, 2.45) is 11.8 Å². The van der Waals surface area contributed by atoms with Crippen molar-refractivity contribution in [3.8, 4) is 11.1 Å². The van der Waals surface area contributed by atoms with Gasteiger partial charge >= 0.3 is 0 Å². The molecule has 0 aromatic heterocycles. The molecule has 0 saturated heterocycles. The third kappa shape index (κ3) is 6.70. The van der Waals surface area contributed by atoms with Crippen LogP contribution in [0, 0.1) is 35.1 Å². The Balaban J connectivity index is 1.27. The van der Waals surface area contributed by atoms with Crippen LogP contribution in [0.4, 0.5) is 17.6 Å². The predicted molar refractivity (Wildman–Crippen MR) is 139 cm³/mol. The van der Waals surface area contributed by atoms with Crippen LogP contribution in [0.1, 0.15) is 68.6 Å². The second kappa shape index (κ2) is 12.3. The summed E-state index contributed by atoms with van der Waals surface area (Å²) in [6.07, 6.45) is 10.8. The van der Waals surface area contributed by atoms with Gasteiger partial charge in [0.2, 0.25) is 0 Å². The van der Waals surface area contributed by atoms with E-state index in [1.807, 2.05) is 0 Å². The van der Waals surface area contributed by atoms with Gasteiger partial charge in [-0.1, -0.05) is 74.9 Å². The smallest absolute Gasteiger partial charge is 0.145 e. The molecule has 1 saturated carbocycles. The quantitative estimate of drug-likeness (QED) is 0.196. The molecule has 0 N–H and O–H groups in total. The van der Waals surface area contributed by atoms with E-state index in [2.05, 4.69) is 31.2 Å². The molecule has 1 aliphatic carbocycles. The molecule has 192 valence electrons. The Hall–Kier alpha value is -2.33. The van der Waals surface area contributed by atoms with E-state index >= 15 is 0 Å². The summed E-state index contributed by atoms with van der Waals surface area (Å²) in [6, 6.07) is 13.3. The van der Waals surface area contributed by atoms with Crippen LogP contribution in [-0.2, 0) is 19.3 Å². The molecule has 0 bridgehead atoms. The highest BCUT2D eigenvalue weighted by atomic mass is 35.5. The van der Waals surface area contributed by atoms with Gasteiger partial charge in [0.15, 0.2) is 0 Å². The van der Waals surface area contributed by atoms with Gasteiger partial charge < -0.3 is 0 Å². The first-order valence-electron chi connectivity index (χ1n) is 13.0. The molecule has 1 aliphatic rings. The predicted octanol–water partition coefficient (Wildman–Crippen LogP) is 9.89. The first kappa shape index (κ1) is 26.7. The monoisotopic (exact) mass is 516 g/mol. The van der Waals surface area contributed by atoms with Crippen LogP contribution in [0.15, 0.2) is 48.5 Å². The molecule has 36 heavy (non-hydrogen) atoms. The van der Waals surface area contributed by atoms with Gasteiger partial charge in [0, 0.05) is 0 Å². The molecule has 4 rings (SSSR count). The van der Waals surface area contributed by atoms with Gasteiger partial charge in [-0.15, -0.1) is 0 Å². The van der Waals surface area contributed by atoms with Crippen LogP contribution in [0.3, 0.4) is 0 Å². The summed E-state index contributed by atoms with van der Waals surface area (Å²) in [6.45, 7) is 2.20. The third-order valence-electron chi connectivity index (χ3n) is 7.58. The summed E-state index contributed by atoms with van der Waals surface area (Å²) in [4.78, 5) is 0. The topological polar surface area (TPSA) is 0 Å². The number of aryl methyl sites for hydroxylation is 3. The summed E-state index contributed by atoms with van der Waals surface area (Å²) >= 11 is 5.49. The molecule has 0 aliphatic heterocycles. The largest absolute Gasteiger partial charge is 0.206 e. The van der Waals surface area contributed by atoms with Gasteiger partial charge in [-0.05, 0) is 90.5 Å². The fourth-order valence-corrected chi connectivity index (χ4v) is 5.57. The van der Waals surface area contributed by atoms with E-state index in [4.69, 9.17) is 11.6 Å². The average Bonchev–Trinajstić information content (AvgIpc) is 2.86. The minimum Gasteiger partial charge on any atom is -0.206 e. The Kier molecular flexibility index (Phi) is 9.11. The molecule has 0 spiro atoms. The van der Waals surface area contributed by atoms with Crippen molar-refractivity contribution in [1.29, 1.82) is 0 Å². The van der Waals surface area contributed by atoms with Crippen molar-refractivity contribution >= 4 is 11.6 Å². The lowest BCUT2D eigenvalue weighted by atomic mass is 9.77. The van der Waals surface area contributed by atoms with Crippen LogP contribution in [0.25, 0.3) is 11.1 Å². The van der Waals surface area contributed by atoms with Crippen molar-refractivity contribution in [1.82, 2.24) is 0 Å². The molecule has 0 unspecified atom stereocenters. The van der Waals surface area contributed by atoms with Crippen molar-refractivity contribution in [3.63, 3.8) is 0 Å². The van der Waals surface area contributed by atoms with Crippen molar-refractivity contribution < 1.29 is 17.6 Å². The molecule has 3 aromatic rings. The van der Waals surface area contributed by atoms with Crippen molar-refractivity contribution in [2.45, 2.75) is 71.1 Å². The highest BCUT2D eigenvalue weighted by Gasteiger charge is 2.22. The summed E-state index contributed by atoms with van der Waals surface area (Å²) in [5, 5.41) is -0.688. The maximum atomic E-state index is 14.7. The maximum Gasteiger partial charge on any atom is 0.145 e. The molecule has 3 aromatic carbocycles. The van der Waals surface area contributed by atoms with Crippen LogP contribution in [0.5, 0.6) is 0 Å². The first-order chi connectivity index (χ1) is 17.3. The van der Waals surface area contributed by atoms with E-state index < -0.39 is 33.9 Å². The van der Waals surface area contributed by atoms with Crippen molar-refractivity contribution in [2.75, 3.05) is 0 Å². The van der Waals surface area contributed by atoms with E-state index in [9.17, 15) is 17.6 Å². The molecule has 0 heterocycles. The van der Waals surface area contributed by atoms with Gasteiger partial charge in [0.1, 0.15) is 28.3 Å². The van der Waals surface area contributed by atoms with Gasteiger partial charge in [0.25, 0.3) is 0 Å². The number of halogens is 5. The van der Waals surface area contributed by atoms with Gasteiger partial charge in [-0.25, -0.2) is 17.6 Å². The Morgan fingerprint density at radius 2 is 1.08 bits per heavy atom. The number of hydrogen-bond acceptors (Lipinski definition) is 0. The highest BCUT2D eigenvalue weighted by molar-refractivity contribution is 6.31. The van der Waals surface area contributed by atoms with E-state index in [0.29, 0.717) is 17.9 Å². The Morgan fingerprint density at radius 1 is 0.639 bits per heavy atom. The van der Waals surface area contributed by atoms with Gasteiger partial charge in [0.05, 0.1) is 5.56 Å².